The van der Waals surface area contributed by atoms with E-state index in [9.17, 15) is 0 Å². The Kier molecular flexibility index (Phi) is 8.80. The van der Waals surface area contributed by atoms with Crippen molar-refractivity contribution < 1.29 is 4.42 Å². The van der Waals surface area contributed by atoms with E-state index in [-0.39, 0.29) is 5.41 Å². The van der Waals surface area contributed by atoms with Crippen molar-refractivity contribution in [3.63, 3.8) is 0 Å². The van der Waals surface area contributed by atoms with Crippen LogP contribution in [-0.2, 0) is 5.41 Å². The van der Waals surface area contributed by atoms with Crippen molar-refractivity contribution in [1.29, 1.82) is 0 Å². The minimum Gasteiger partial charge on any atom is -0.456 e. The van der Waals surface area contributed by atoms with Crippen molar-refractivity contribution in [1.82, 2.24) is 15.0 Å². The van der Waals surface area contributed by atoms with Crippen LogP contribution in [0.5, 0.6) is 0 Å². The van der Waals surface area contributed by atoms with Crippen molar-refractivity contribution in [2.24, 2.45) is 0 Å². The lowest BCUT2D eigenvalue weighted by atomic mass is 9.82. The van der Waals surface area contributed by atoms with Gasteiger partial charge in [0.15, 0.2) is 17.5 Å². The maximum Gasteiger partial charge on any atom is 0.164 e. The first-order chi connectivity index (χ1) is 31.5. The molecular formula is C60H41N3O. The van der Waals surface area contributed by atoms with Gasteiger partial charge in [0.1, 0.15) is 11.2 Å². The highest BCUT2D eigenvalue weighted by atomic mass is 16.3. The van der Waals surface area contributed by atoms with Crippen LogP contribution in [0.3, 0.4) is 0 Å². The van der Waals surface area contributed by atoms with Gasteiger partial charge in [0.05, 0.1) is 0 Å². The quantitative estimate of drug-likeness (QED) is 0.161. The van der Waals surface area contributed by atoms with E-state index >= 15 is 0 Å². The molecule has 0 unspecified atom stereocenters. The summed E-state index contributed by atoms with van der Waals surface area (Å²) in [7, 11) is 0. The Morgan fingerprint density at radius 3 is 1.48 bits per heavy atom. The van der Waals surface area contributed by atoms with Crippen molar-refractivity contribution in [3.05, 3.63) is 223 Å². The molecule has 0 saturated heterocycles. The molecule has 0 bridgehead atoms. The van der Waals surface area contributed by atoms with E-state index in [2.05, 4.69) is 202 Å². The minimum atomic E-state index is -0.0468. The second-order valence-electron chi connectivity index (χ2n) is 17.2. The lowest BCUT2D eigenvalue weighted by Gasteiger charge is -2.21. The first kappa shape index (κ1) is 37.5. The molecule has 11 aromatic rings. The van der Waals surface area contributed by atoms with Crippen LogP contribution < -0.4 is 0 Å². The number of nitrogens with zero attached hydrogens (tertiary/aromatic N) is 3. The zero-order chi connectivity index (χ0) is 42.8. The molecule has 0 radical (unpaired) electrons. The van der Waals surface area contributed by atoms with Gasteiger partial charge in [0, 0.05) is 32.9 Å². The summed E-state index contributed by atoms with van der Waals surface area (Å²) >= 11 is 0. The maximum absolute atomic E-state index is 6.56. The van der Waals surface area contributed by atoms with Gasteiger partial charge in [-0.2, -0.15) is 0 Å². The number of hydrogen-bond donors (Lipinski definition) is 0. The van der Waals surface area contributed by atoms with Crippen molar-refractivity contribution in [3.8, 4) is 89.8 Å². The molecule has 0 spiro atoms. The molecule has 12 rings (SSSR count). The Bertz CT molecular complexity index is 3470. The number of benzene rings is 9. The minimum absolute atomic E-state index is 0.0468. The van der Waals surface area contributed by atoms with E-state index in [4.69, 9.17) is 19.4 Å². The largest absolute Gasteiger partial charge is 0.456 e. The third-order valence-electron chi connectivity index (χ3n) is 13.0. The highest BCUT2D eigenvalue weighted by molar-refractivity contribution is 6.13. The summed E-state index contributed by atoms with van der Waals surface area (Å²) in [6, 6.07) is 74.9. The van der Waals surface area contributed by atoms with Gasteiger partial charge in [-0.25, -0.2) is 15.0 Å². The van der Waals surface area contributed by atoms with E-state index < -0.39 is 0 Å². The van der Waals surface area contributed by atoms with Gasteiger partial charge in [-0.15, -0.1) is 0 Å². The molecule has 2 aromatic heterocycles. The first-order valence-electron chi connectivity index (χ1n) is 21.8. The van der Waals surface area contributed by atoms with Gasteiger partial charge in [0.2, 0.25) is 0 Å². The van der Waals surface area contributed by atoms with E-state index in [0.29, 0.717) is 17.5 Å². The Morgan fingerprint density at radius 1 is 0.328 bits per heavy atom. The predicted octanol–water partition coefficient (Wildman–Crippen LogP) is 15.7. The van der Waals surface area contributed by atoms with Crippen molar-refractivity contribution in [2.75, 3.05) is 0 Å². The van der Waals surface area contributed by atoms with Crippen LogP contribution in [0.1, 0.15) is 25.0 Å². The fourth-order valence-electron chi connectivity index (χ4n) is 9.72. The molecule has 4 heteroatoms. The van der Waals surface area contributed by atoms with Crippen LogP contribution in [0.15, 0.2) is 217 Å². The summed E-state index contributed by atoms with van der Waals surface area (Å²) in [6.07, 6.45) is 0. The van der Waals surface area contributed by atoms with Crippen LogP contribution in [0.4, 0.5) is 0 Å². The lowest BCUT2D eigenvalue weighted by Crippen LogP contribution is -2.14. The molecule has 1 aliphatic rings. The standard InChI is InChI=1S/C60H41N3O/c1-60(2)51-26-10-9-23-48(51)55-47(24-13-27-52(55)60)41-31-29-40(30-32-41)44-33-34-53-50(37-44)56-49(25-14-28-54(56)64-53)59-62-57(45-21-11-19-42(35-45)38-15-5-3-6-16-38)61-58(63-59)46-22-12-20-43(36-46)39-17-7-4-8-18-39/h3-37H,1-2H3. The molecule has 9 aromatic carbocycles. The van der Waals surface area contributed by atoms with Gasteiger partial charge in [0.25, 0.3) is 0 Å². The second kappa shape index (κ2) is 15.0. The van der Waals surface area contributed by atoms with Crippen LogP contribution in [-0.4, -0.2) is 15.0 Å². The summed E-state index contributed by atoms with van der Waals surface area (Å²) in [5.41, 5.74) is 18.8. The summed E-state index contributed by atoms with van der Waals surface area (Å²) in [6.45, 7) is 4.67. The summed E-state index contributed by atoms with van der Waals surface area (Å²) in [5.74, 6) is 1.78. The zero-order valence-corrected chi connectivity index (χ0v) is 35.5. The third-order valence-corrected chi connectivity index (χ3v) is 13.0. The number of aromatic nitrogens is 3. The van der Waals surface area contributed by atoms with Crippen LogP contribution >= 0.6 is 0 Å². The van der Waals surface area contributed by atoms with Gasteiger partial charge >= 0.3 is 0 Å². The molecule has 2 heterocycles. The Labute approximate surface area is 372 Å². The fourth-order valence-corrected chi connectivity index (χ4v) is 9.72. The van der Waals surface area contributed by atoms with Crippen molar-refractivity contribution >= 4 is 21.9 Å². The lowest BCUT2D eigenvalue weighted by molar-refractivity contribution is 0.660. The first-order valence-corrected chi connectivity index (χ1v) is 21.8. The van der Waals surface area contributed by atoms with Gasteiger partial charge in [-0.05, 0) is 97.1 Å². The highest BCUT2D eigenvalue weighted by Gasteiger charge is 2.36. The van der Waals surface area contributed by atoms with Gasteiger partial charge < -0.3 is 4.42 Å². The van der Waals surface area contributed by atoms with E-state index in [1.165, 1.54) is 33.4 Å². The van der Waals surface area contributed by atoms with Crippen LogP contribution in [0.2, 0.25) is 0 Å². The topological polar surface area (TPSA) is 51.8 Å². The zero-order valence-electron chi connectivity index (χ0n) is 35.5. The third kappa shape index (κ3) is 6.34. The van der Waals surface area contributed by atoms with Crippen LogP contribution in [0, 0.1) is 0 Å². The SMILES string of the molecule is CC1(C)c2ccccc2-c2c(-c3ccc(-c4ccc5oc6cccc(-c7nc(-c8cccc(-c9ccccc9)c8)nc(-c8cccc(-c9ccccc9)c8)n7)c6c5c4)cc3)cccc21. The molecule has 0 N–H and O–H groups in total. The van der Waals surface area contributed by atoms with Gasteiger partial charge in [-0.3, -0.25) is 0 Å². The Balaban J connectivity index is 0.978. The summed E-state index contributed by atoms with van der Waals surface area (Å²) < 4.78 is 6.56. The van der Waals surface area contributed by atoms with Crippen molar-refractivity contribution in [2.45, 2.75) is 19.3 Å². The average molecular weight is 820 g/mol. The molecule has 302 valence electrons. The Morgan fingerprint density at radius 2 is 0.797 bits per heavy atom. The average Bonchev–Trinajstić information content (AvgIpc) is 3.86. The number of hydrogen-bond acceptors (Lipinski definition) is 4. The normalized spacial score (nSPS) is 12.7. The molecule has 0 saturated carbocycles. The fraction of sp³-hybridized carbons (Fsp3) is 0.0500. The van der Waals surface area contributed by atoms with E-state index in [1.54, 1.807) is 0 Å². The molecule has 64 heavy (non-hydrogen) atoms. The molecule has 0 atom stereocenters. The predicted molar refractivity (Wildman–Crippen MR) is 263 cm³/mol. The summed E-state index contributed by atoms with van der Waals surface area (Å²) in [4.78, 5) is 15.7. The molecule has 1 aliphatic carbocycles. The number of fused-ring (bicyclic) bond motifs is 6. The molecule has 0 fully saturated rings. The molecular weight excluding hydrogens is 779 g/mol. The van der Waals surface area contributed by atoms with Crippen LogP contribution in [0.25, 0.3) is 112 Å². The van der Waals surface area contributed by atoms with E-state index in [1.807, 2.05) is 24.3 Å². The van der Waals surface area contributed by atoms with E-state index in [0.717, 1.165) is 72.0 Å². The number of rotatable bonds is 7. The second-order valence-corrected chi connectivity index (χ2v) is 17.2. The Hall–Kier alpha value is -8.21. The molecule has 0 aliphatic heterocycles. The monoisotopic (exact) mass is 819 g/mol. The smallest absolute Gasteiger partial charge is 0.164 e. The summed E-state index contributed by atoms with van der Waals surface area (Å²) in [5, 5.41) is 1.98. The number of furan rings is 1. The maximum atomic E-state index is 6.56. The van der Waals surface area contributed by atoms with Gasteiger partial charge in [-0.1, -0.05) is 196 Å². The molecule has 4 nitrogen and oxygen atoms in total. The highest BCUT2D eigenvalue weighted by Crippen LogP contribution is 2.52. The molecule has 0 amide bonds.